The predicted molar refractivity (Wildman–Crippen MR) is 82.8 cm³/mol. The van der Waals surface area contributed by atoms with Crippen molar-refractivity contribution in [1.29, 1.82) is 0 Å². The zero-order valence-corrected chi connectivity index (χ0v) is 12.7. The molecular formula is C14H20N4O4. The lowest BCUT2D eigenvalue weighted by Gasteiger charge is -2.15. The van der Waals surface area contributed by atoms with E-state index in [1.807, 2.05) is 0 Å². The first-order valence-electron chi connectivity index (χ1n) is 6.79. The van der Waals surface area contributed by atoms with E-state index in [0.717, 1.165) is 0 Å². The Morgan fingerprint density at radius 1 is 1.14 bits per heavy atom. The molecule has 1 aromatic carbocycles. The van der Waals surface area contributed by atoms with Crippen molar-refractivity contribution in [3.05, 3.63) is 24.3 Å². The van der Waals surface area contributed by atoms with Gasteiger partial charge in [-0.15, -0.1) is 0 Å². The van der Waals surface area contributed by atoms with Crippen LogP contribution in [0.25, 0.3) is 0 Å². The highest BCUT2D eigenvalue weighted by Crippen LogP contribution is 2.14. The summed E-state index contributed by atoms with van der Waals surface area (Å²) in [5.41, 5.74) is 1.25. The van der Waals surface area contributed by atoms with Gasteiger partial charge >= 0.3 is 12.1 Å². The molecule has 1 rings (SSSR count). The van der Waals surface area contributed by atoms with E-state index in [1.165, 1.54) is 7.05 Å². The molecule has 0 fully saturated rings. The molecule has 0 radical (unpaired) electrons. The van der Waals surface area contributed by atoms with E-state index in [9.17, 15) is 14.4 Å². The quantitative estimate of drug-likeness (QED) is 0.659. The van der Waals surface area contributed by atoms with E-state index in [4.69, 9.17) is 4.74 Å². The molecule has 4 N–H and O–H groups in total. The van der Waals surface area contributed by atoms with E-state index < -0.39 is 24.1 Å². The van der Waals surface area contributed by atoms with Crippen LogP contribution in [0.2, 0.25) is 0 Å². The first-order valence-corrected chi connectivity index (χ1v) is 6.79. The third-order valence-corrected chi connectivity index (χ3v) is 2.65. The number of nitrogens with one attached hydrogen (secondary N) is 4. The molecule has 1 unspecified atom stereocenters. The average molecular weight is 308 g/mol. The van der Waals surface area contributed by atoms with Crippen molar-refractivity contribution in [3.63, 3.8) is 0 Å². The van der Waals surface area contributed by atoms with Gasteiger partial charge in [0.2, 0.25) is 5.91 Å². The van der Waals surface area contributed by atoms with Gasteiger partial charge in [-0.25, -0.2) is 9.59 Å². The molecule has 8 nitrogen and oxygen atoms in total. The highest BCUT2D eigenvalue weighted by molar-refractivity contribution is 5.97. The number of carbonyl (C=O) groups is 3. The van der Waals surface area contributed by atoms with Gasteiger partial charge in [-0.3, -0.25) is 15.4 Å². The lowest BCUT2D eigenvalue weighted by molar-refractivity contribution is -0.120. The maximum atomic E-state index is 11.7. The number of amides is 4. The average Bonchev–Trinajstić information content (AvgIpc) is 2.49. The molecule has 22 heavy (non-hydrogen) atoms. The van der Waals surface area contributed by atoms with E-state index in [1.54, 1.807) is 38.1 Å². The van der Waals surface area contributed by atoms with Crippen LogP contribution in [-0.2, 0) is 9.53 Å². The van der Waals surface area contributed by atoms with E-state index in [0.29, 0.717) is 18.0 Å². The molecule has 0 heterocycles. The normalized spacial score (nSPS) is 11.0. The Kier molecular flexibility index (Phi) is 6.68. The minimum atomic E-state index is -0.596. The number of urea groups is 1. The van der Waals surface area contributed by atoms with E-state index in [2.05, 4.69) is 21.3 Å². The highest BCUT2D eigenvalue weighted by atomic mass is 16.5. The zero-order valence-electron chi connectivity index (χ0n) is 12.7. The third-order valence-electron chi connectivity index (χ3n) is 2.65. The fourth-order valence-corrected chi connectivity index (χ4v) is 1.53. The van der Waals surface area contributed by atoms with Crippen molar-refractivity contribution in [2.45, 2.75) is 19.9 Å². The fourth-order valence-electron chi connectivity index (χ4n) is 1.53. The molecule has 1 aromatic rings. The van der Waals surface area contributed by atoms with Gasteiger partial charge in [0.1, 0.15) is 6.04 Å². The molecule has 120 valence electrons. The summed E-state index contributed by atoms with van der Waals surface area (Å²) in [5, 5.41) is 9.98. The molecule has 4 amide bonds. The van der Waals surface area contributed by atoms with Crippen LogP contribution in [-0.4, -0.2) is 37.7 Å². The fraction of sp³-hybridized carbons (Fsp3) is 0.357. The summed E-state index contributed by atoms with van der Waals surface area (Å²) >= 11 is 0. The van der Waals surface area contributed by atoms with Crippen molar-refractivity contribution in [1.82, 2.24) is 10.6 Å². The number of hydrogen-bond donors (Lipinski definition) is 4. The van der Waals surface area contributed by atoms with Crippen LogP contribution in [0.1, 0.15) is 13.8 Å². The maximum Gasteiger partial charge on any atom is 0.411 e. The molecule has 0 aromatic heterocycles. The van der Waals surface area contributed by atoms with Crippen LogP contribution < -0.4 is 21.3 Å². The molecule has 0 aliphatic rings. The van der Waals surface area contributed by atoms with Crippen molar-refractivity contribution in [2.75, 3.05) is 24.3 Å². The number of carbonyl (C=O) groups excluding carboxylic acids is 3. The molecule has 1 atom stereocenters. The summed E-state index contributed by atoms with van der Waals surface area (Å²) in [4.78, 5) is 34.0. The van der Waals surface area contributed by atoms with E-state index >= 15 is 0 Å². The van der Waals surface area contributed by atoms with Gasteiger partial charge < -0.3 is 15.4 Å². The van der Waals surface area contributed by atoms with Crippen molar-refractivity contribution < 1.29 is 19.1 Å². The molecular weight excluding hydrogens is 288 g/mol. The Morgan fingerprint density at radius 2 is 1.73 bits per heavy atom. The van der Waals surface area contributed by atoms with E-state index in [-0.39, 0.29) is 0 Å². The summed E-state index contributed by atoms with van der Waals surface area (Å²) in [5.74, 6) is -0.451. The van der Waals surface area contributed by atoms with Gasteiger partial charge in [-0.1, -0.05) is 0 Å². The number of anilines is 2. The standard InChI is InChI=1S/C14H20N4O4/c1-4-22-14(21)17-11-7-5-10(6-8-11)16-9(2)12(19)18-13(20)15-3/h5-9,16H,4H2,1-3H3,(H,17,21)(H2,15,18,19,20). The van der Waals surface area contributed by atoms with Gasteiger partial charge in [0.25, 0.3) is 0 Å². The lowest BCUT2D eigenvalue weighted by atomic mass is 10.2. The Labute approximate surface area is 128 Å². The Bertz CT molecular complexity index is 530. The summed E-state index contributed by atoms with van der Waals surface area (Å²) in [6, 6.07) is 5.58. The minimum Gasteiger partial charge on any atom is -0.450 e. The number of hydrogen-bond acceptors (Lipinski definition) is 5. The molecule has 0 saturated carbocycles. The van der Waals surface area contributed by atoms with Crippen LogP contribution in [0.4, 0.5) is 21.0 Å². The molecule has 0 aliphatic carbocycles. The topological polar surface area (TPSA) is 109 Å². The molecule has 0 aliphatic heterocycles. The third kappa shape index (κ3) is 5.70. The molecule has 8 heteroatoms. The van der Waals surface area contributed by atoms with Crippen molar-refractivity contribution >= 4 is 29.4 Å². The first kappa shape index (κ1) is 17.3. The molecule has 0 saturated heterocycles. The number of imide groups is 1. The lowest BCUT2D eigenvalue weighted by Crippen LogP contribution is -2.44. The summed E-state index contributed by atoms with van der Waals surface area (Å²) < 4.78 is 4.76. The molecule has 0 bridgehead atoms. The summed E-state index contributed by atoms with van der Waals surface area (Å²) in [7, 11) is 1.43. The Morgan fingerprint density at radius 3 is 2.27 bits per heavy atom. The van der Waals surface area contributed by atoms with Gasteiger partial charge in [0.15, 0.2) is 0 Å². The SMILES string of the molecule is CCOC(=O)Nc1ccc(NC(C)C(=O)NC(=O)NC)cc1. The van der Waals surface area contributed by atoms with Gasteiger partial charge in [-0.05, 0) is 38.1 Å². The van der Waals surface area contributed by atoms with Gasteiger partial charge in [0.05, 0.1) is 6.61 Å². The second-order valence-electron chi connectivity index (χ2n) is 4.36. The van der Waals surface area contributed by atoms with Crippen LogP contribution in [0.5, 0.6) is 0 Å². The Balaban J connectivity index is 2.54. The smallest absolute Gasteiger partial charge is 0.411 e. The highest BCUT2D eigenvalue weighted by Gasteiger charge is 2.14. The largest absolute Gasteiger partial charge is 0.450 e. The first-order chi connectivity index (χ1) is 10.5. The zero-order chi connectivity index (χ0) is 16.5. The minimum absolute atomic E-state index is 0.295. The second-order valence-corrected chi connectivity index (χ2v) is 4.36. The Hall–Kier alpha value is -2.77. The number of ether oxygens (including phenoxy) is 1. The van der Waals surface area contributed by atoms with Crippen LogP contribution in [0.3, 0.4) is 0 Å². The summed E-state index contributed by atoms with van der Waals surface area (Å²) in [6.07, 6.45) is -0.526. The van der Waals surface area contributed by atoms with Crippen molar-refractivity contribution in [3.8, 4) is 0 Å². The predicted octanol–water partition coefficient (Wildman–Crippen LogP) is 1.51. The van der Waals surface area contributed by atoms with Crippen LogP contribution in [0, 0.1) is 0 Å². The number of rotatable bonds is 5. The van der Waals surface area contributed by atoms with Crippen molar-refractivity contribution in [2.24, 2.45) is 0 Å². The van der Waals surface area contributed by atoms with Gasteiger partial charge in [0, 0.05) is 18.4 Å². The number of benzene rings is 1. The van der Waals surface area contributed by atoms with Gasteiger partial charge in [-0.2, -0.15) is 0 Å². The molecule has 0 spiro atoms. The summed E-state index contributed by atoms with van der Waals surface area (Å²) in [6.45, 7) is 3.64. The van der Waals surface area contributed by atoms with Crippen LogP contribution >= 0.6 is 0 Å². The second kappa shape index (κ2) is 8.50. The monoisotopic (exact) mass is 308 g/mol. The van der Waals surface area contributed by atoms with Crippen LogP contribution in [0.15, 0.2) is 24.3 Å². The maximum absolute atomic E-state index is 11.7.